The molecule has 2 unspecified atom stereocenters. The number of benzene rings is 1. The first-order chi connectivity index (χ1) is 17.4. The smallest absolute Gasteiger partial charge is 0.354 e. The van der Waals surface area contributed by atoms with Crippen molar-refractivity contribution in [1.29, 1.82) is 0 Å². The zero-order valence-corrected chi connectivity index (χ0v) is 21.0. The van der Waals surface area contributed by atoms with Crippen molar-refractivity contribution in [2.75, 3.05) is 4.90 Å². The highest BCUT2D eigenvalue weighted by molar-refractivity contribution is 5.85. The lowest BCUT2D eigenvalue weighted by Crippen LogP contribution is -2.46. The van der Waals surface area contributed by atoms with Crippen molar-refractivity contribution in [3.8, 4) is 11.3 Å². The summed E-state index contributed by atoms with van der Waals surface area (Å²) in [6.07, 6.45) is 6.24. The van der Waals surface area contributed by atoms with E-state index in [4.69, 9.17) is 9.26 Å². The number of fused-ring (bicyclic) bond motifs is 2. The quantitative estimate of drug-likeness (QED) is 0.475. The van der Waals surface area contributed by atoms with Gasteiger partial charge in [0.25, 0.3) is 0 Å². The summed E-state index contributed by atoms with van der Waals surface area (Å²) < 4.78 is 12.5. The number of rotatable bonds is 7. The van der Waals surface area contributed by atoms with Gasteiger partial charge >= 0.3 is 5.97 Å². The number of hydrogen-bond donors (Lipinski definition) is 1. The molecular formula is C28H32N4O4. The van der Waals surface area contributed by atoms with Crippen LogP contribution in [0.4, 0.5) is 5.95 Å². The van der Waals surface area contributed by atoms with Gasteiger partial charge in [-0.1, -0.05) is 23.4 Å². The van der Waals surface area contributed by atoms with Crippen LogP contribution in [-0.2, 0) is 11.3 Å². The maximum Gasteiger partial charge on any atom is 0.354 e. The molecule has 6 rings (SSSR count). The minimum absolute atomic E-state index is 0.0503. The predicted molar refractivity (Wildman–Crippen MR) is 134 cm³/mol. The zero-order chi connectivity index (χ0) is 25.0. The highest BCUT2D eigenvalue weighted by atomic mass is 16.5. The molecule has 2 atom stereocenters. The number of piperidine rings is 1. The van der Waals surface area contributed by atoms with Crippen LogP contribution >= 0.6 is 0 Å². The van der Waals surface area contributed by atoms with Gasteiger partial charge in [0.1, 0.15) is 11.5 Å². The second-order valence-corrected chi connectivity index (χ2v) is 10.6. The van der Waals surface area contributed by atoms with Gasteiger partial charge in [-0.15, -0.1) is 0 Å². The van der Waals surface area contributed by atoms with Crippen LogP contribution in [0.15, 0.2) is 28.8 Å². The average molecular weight is 489 g/mol. The Bertz CT molecular complexity index is 1280. The molecule has 4 heterocycles. The number of aromatic carboxylic acids is 1. The zero-order valence-electron chi connectivity index (χ0n) is 21.0. The van der Waals surface area contributed by atoms with Gasteiger partial charge in [-0.05, 0) is 76.5 Å². The van der Waals surface area contributed by atoms with E-state index in [0.717, 1.165) is 61.1 Å². The first-order valence-electron chi connectivity index (χ1n) is 12.9. The van der Waals surface area contributed by atoms with E-state index in [2.05, 4.69) is 52.1 Å². The number of ether oxygens (including phenoxy) is 1. The van der Waals surface area contributed by atoms with Crippen LogP contribution in [0.1, 0.15) is 83.1 Å². The van der Waals surface area contributed by atoms with Gasteiger partial charge in [0.2, 0.25) is 5.95 Å². The number of carbonyl (C=O) groups is 1. The molecule has 3 aromatic rings. The number of anilines is 1. The van der Waals surface area contributed by atoms with Crippen molar-refractivity contribution in [3.05, 3.63) is 58.1 Å². The SMILES string of the molecule is Cc1cc(C(=O)O)nc(N2C3CCC2CC(OCc2c(-c4c(C)cccc4C)noc2C2CC2)C3)n1. The Hall–Kier alpha value is -3.26. The summed E-state index contributed by atoms with van der Waals surface area (Å²) in [5.41, 5.74) is 6.27. The third kappa shape index (κ3) is 4.17. The van der Waals surface area contributed by atoms with E-state index in [1.807, 2.05) is 6.92 Å². The Morgan fingerprint density at radius 2 is 1.78 bits per heavy atom. The Morgan fingerprint density at radius 3 is 2.42 bits per heavy atom. The number of carboxylic acid groups (broad SMARTS) is 1. The van der Waals surface area contributed by atoms with E-state index in [-0.39, 0.29) is 23.9 Å². The molecule has 2 aliphatic heterocycles. The third-order valence-corrected chi connectivity index (χ3v) is 7.93. The fraction of sp³-hybridized carbons (Fsp3) is 0.500. The van der Waals surface area contributed by atoms with Crippen LogP contribution in [-0.4, -0.2) is 44.4 Å². The molecule has 8 heteroatoms. The summed E-state index contributed by atoms with van der Waals surface area (Å²) in [4.78, 5) is 22.7. The summed E-state index contributed by atoms with van der Waals surface area (Å²) in [6, 6.07) is 8.34. The van der Waals surface area contributed by atoms with E-state index in [0.29, 0.717) is 24.2 Å². The van der Waals surface area contributed by atoms with Gasteiger partial charge in [0, 0.05) is 34.8 Å². The second kappa shape index (κ2) is 9.00. The average Bonchev–Trinajstić information content (AvgIpc) is 3.54. The van der Waals surface area contributed by atoms with E-state index in [1.54, 1.807) is 0 Å². The van der Waals surface area contributed by atoms with Crippen molar-refractivity contribution in [2.24, 2.45) is 0 Å². The van der Waals surface area contributed by atoms with Crippen LogP contribution in [0.25, 0.3) is 11.3 Å². The molecule has 2 bridgehead atoms. The fourth-order valence-electron chi connectivity index (χ4n) is 6.08. The van der Waals surface area contributed by atoms with E-state index in [9.17, 15) is 9.90 Å². The topological polar surface area (TPSA) is 102 Å². The first kappa shape index (κ1) is 23.2. The van der Waals surface area contributed by atoms with Gasteiger partial charge < -0.3 is 19.3 Å². The lowest BCUT2D eigenvalue weighted by molar-refractivity contribution is 0.0144. The molecule has 1 saturated carbocycles. The van der Waals surface area contributed by atoms with E-state index >= 15 is 0 Å². The minimum Gasteiger partial charge on any atom is -0.477 e. The van der Waals surface area contributed by atoms with Gasteiger partial charge in [-0.2, -0.15) is 0 Å². The Labute approximate surface area is 210 Å². The molecule has 36 heavy (non-hydrogen) atoms. The van der Waals surface area contributed by atoms with Crippen LogP contribution < -0.4 is 4.90 Å². The third-order valence-electron chi connectivity index (χ3n) is 7.93. The highest BCUT2D eigenvalue weighted by Crippen LogP contribution is 2.45. The van der Waals surface area contributed by atoms with Crippen molar-refractivity contribution in [2.45, 2.75) is 90.0 Å². The fourth-order valence-corrected chi connectivity index (χ4v) is 6.08. The Balaban J connectivity index is 1.21. The van der Waals surface area contributed by atoms with Crippen molar-refractivity contribution in [1.82, 2.24) is 15.1 Å². The maximum absolute atomic E-state index is 11.5. The molecule has 188 valence electrons. The summed E-state index contributed by atoms with van der Waals surface area (Å²) in [5, 5.41) is 14.0. The minimum atomic E-state index is -1.02. The lowest BCUT2D eigenvalue weighted by Gasteiger charge is -2.39. The summed E-state index contributed by atoms with van der Waals surface area (Å²) in [6.45, 7) is 6.55. The van der Waals surface area contributed by atoms with E-state index < -0.39 is 5.97 Å². The molecule has 2 saturated heterocycles. The Kier molecular flexibility index (Phi) is 5.79. The number of hydrogen-bond acceptors (Lipinski definition) is 7. The highest BCUT2D eigenvalue weighted by Gasteiger charge is 2.43. The largest absolute Gasteiger partial charge is 0.477 e. The molecule has 1 aromatic carbocycles. The standard InChI is InChI=1S/C28H32N4O4/c1-15-5-4-6-16(2)24(15)25-22(26(36-31-25)18-7-8-18)14-35-21-12-19-9-10-20(13-21)32(19)28-29-17(3)11-23(30-28)27(33)34/h4-6,11,18-21H,7-10,12-14H2,1-3H3,(H,33,34). The number of nitrogens with zero attached hydrogens (tertiary/aromatic N) is 4. The van der Waals surface area contributed by atoms with Gasteiger partial charge in [0.15, 0.2) is 5.69 Å². The monoisotopic (exact) mass is 488 g/mol. The van der Waals surface area contributed by atoms with Crippen LogP contribution in [0.2, 0.25) is 0 Å². The summed E-state index contributed by atoms with van der Waals surface area (Å²) in [5.74, 6) is 0.953. The first-order valence-corrected chi connectivity index (χ1v) is 12.9. The molecular weight excluding hydrogens is 456 g/mol. The Morgan fingerprint density at radius 1 is 1.08 bits per heavy atom. The van der Waals surface area contributed by atoms with Crippen LogP contribution in [0, 0.1) is 20.8 Å². The number of aryl methyl sites for hydroxylation is 3. The molecule has 1 N–H and O–H groups in total. The van der Waals surface area contributed by atoms with E-state index in [1.165, 1.54) is 17.2 Å². The van der Waals surface area contributed by atoms with Crippen molar-refractivity contribution >= 4 is 11.9 Å². The molecule has 3 fully saturated rings. The second-order valence-electron chi connectivity index (χ2n) is 10.6. The normalized spacial score (nSPS) is 23.3. The molecule has 2 aromatic heterocycles. The predicted octanol–water partition coefficient (Wildman–Crippen LogP) is 5.35. The summed E-state index contributed by atoms with van der Waals surface area (Å²) in [7, 11) is 0. The van der Waals surface area contributed by atoms with Crippen LogP contribution in [0.5, 0.6) is 0 Å². The lowest BCUT2D eigenvalue weighted by atomic mass is 9.96. The van der Waals surface area contributed by atoms with Gasteiger partial charge in [0.05, 0.1) is 12.7 Å². The van der Waals surface area contributed by atoms with Crippen molar-refractivity contribution < 1.29 is 19.2 Å². The van der Waals surface area contributed by atoms with Crippen LogP contribution in [0.3, 0.4) is 0 Å². The van der Waals surface area contributed by atoms with Gasteiger partial charge in [-0.3, -0.25) is 0 Å². The van der Waals surface area contributed by atoms with Gasteiger partial charge in [-0.25, -0.2) is 14.8 Å². The maximum atomic E-state index is 11.5. The number of aromatic nitrogens is 3. The molecule has 3 aliphatic rings. The molecule has 0 radical (unpaired) electrons. The summed E-state index contributed by atoms with van der Waals surface area (Å²) >= 11 is 0. The molecule has 0 spiro atoms. The van der Waals surface area contributed by atoms with Crippen molar-refractivity contribution in [3.63, 3.8) is 0 Å². The molecule has 1 aliphatic carbocycles. The number of carboxylic acids is 1. The molecule has 8 nitrogen and oxygen atoms in total. The molecule has 0 amide bonds.